The van der Waals surface area contributed by atoms with E-state index in [4.69, 9.17) is 0 Å². The molecule has 0 aliphatic carbocycles. The second-order valence-corrected chi connectivity index (χ2v) is 6.42. The number of carbonyl (C=O) groups excluding carboxylic acids is 1. The Kier molecular flexibility index (Phi) is 5.37. The van der Waals surface area contributed by atoms with E-state index in [1.165, 1.54) is 4.68 Å². The van der Waals surface area contributed by atoms with Crippen LogP contribution < -0.4 is 0 Å². The van der Waals surface area contributed by atoms with Gasteiger partial charge in [-0.1, -0.05) is 0 Å². The van der Waals surface area contributed by atoms with Crippen LogP contribution in [-0.4, -0.2) is 42.3 Å². The Balaban J connectivity index is 2.01. The Hall–Kier alpha value is -2.23. The van der Waals surface area contributed by atoms with Gasteiger partial charge >= 0.3 is 5.69 Å². The molecule has 0 atom stereocenters. The van der Waals surface area contributed by atoms with Crippen molar-refractivity contribution in [3.8, 4) is 0 Å². The smallest absolute Gasteiger partial charge is 0.312 e. The first kappa shape index (κ1) is 18.1. The van der Waals surface area contributed by atoms with Crippen LogP contribution in [-0.2, 0) is 24.9 Å². The third kappa shape index (κ3) is 3.64. The van der Waals surface area contributed by atoms with E-state index >= 15 is 0 Å². The molecule has 2 heterocycles. The zero-order valence-electron chi connectivity index (χ0n) is 14.0. The summed E-state index contributed by atoms with van der Waals surface area (Å²) in [5.41, 5.74) is 1.72. The van der Waals surface area contributed by atoms with Crippen molar-refractivity contribution in [2.45, 2.75) is 33.4 Å². The van der Waals surface area contributed by atoms with Gasteiger partial charge in [0, 0.05) is 20.5 Å². The molecule has 0 aliphatic rings. The molecule has 24 heavy (non-hydrogen) atoms. The molecule has 0 aromatic carbocycles. The van der Waals surface area contributed by atoms with Gasteiger partial charge in [-0.2, -0.15) is 10.2 Å². The van der Waals surface area contributed by atoms with E-state index in [2.05, 4.69) is 26.1 Å². The van der Waals surface area contributed by atoms with Gasteiger partial charge in [0.1, 0.15) is 11.4 Å². The van der Waals surface area contributed by atoms with Crippen LogP contribution in [0.3, 0.4) is 0 Å². The van der Waals surface area contributed by atoms with E-state index in [9.17, 15) is 14.9 Å². The molecule has 0 saturated carbocycles. The van der Waals surface area contributed by atoms with E-state index in [1.54, 1.807) is 36.7 Å². The van der Waals surface area contributed by atoms with Crippen LogP contribution in [0.1, 0.15) is 23.5 Å². The lowest BCUT2D eigenvalue weighted by atomic mass is 10.3. The fourth-order valence-electron chi connectivity index (χ4n) is 2.49. The van der Waals surface area contributed by atoms with Gasteiger partial charge in [-0.05, 0) is 29.8 Å². The SMILES string of the molecule is Cc1nn(CCC(=O)N(C)Cc2c(Br)cnn2C)c(C)c1[N+](=O)[O-]. The fraction of sp³-hybridized carbons (Fsp3) is 0.500. The number of nitro groups is 1. The van der Waals surface area contributed by atoms with Crippen LogP contribution in [0.2, 0.25) is 0 Å². The lowest BCUT2D eigenvalue weighted by molar-refractivity contribution is -0.386. The molecule has 0 unspecified atom stereocenters. The average Bonchev–Trinajstić information content (AvgIpc) is 2.97. The summed E-state index contributed by atoms with van der Waals surface area (Å²) in [6, 6.07) is 0. The molecule has 130 valence electrons. The quantitative estimate of drug-likeness (QED) is 0.546. The molecular weight excluding hydrogens is 380 g/mol. The van der Waals surface area contributed by atoms with Crippen molar-refractivity contribution in [2.75, 3.05) is 7.05 Å². The van der Waals surface area contributed by atoms with Gasteiger partial charge in [-0.25, -0.2) is 0 Å². The number of carbonyl (C=O) groups is 1. The predicted octanol–water partition coefficient (Wildman–Crippen LogP) is 1.95. The molecule has 0 fully saturated rings. The fourth-order valence-corrected chi connectivity index (χ4v) is 2.96. The maximum atomic E-state index is 12.3. The summed E-state index contributed by atoms with van der Waals surface area (Å²) in [7, 11) is 3.53. The van der Waals surface area contributed by atoms with Gasteiger partial charge in [0.2, 0.25) is 5.91 Å². The van der Waals surface area contributed by atoms with Crippen molar-refractivity contribution in [1.29, 1.82) is 0 Å². The third-order valence-corrected chi connectivity index (χ3v) is 4.55. The number of amides is 1. The summed E-state index contributed by atoms with van der Waals surface area (Å²) in [4.78, 5) is 24.5. The Bertz CT molecular complexity index is 762. The number of hydrogen-bond donors (Lipinski definition) is 0. The summed E-state index contributed by atoms with van der Waals surface area (Å²) in [5, 5.41) is 19.3. The average molecular weight is 399 g/mol. The van der Waals surface area contributed by atoms with Gasteiger partial charge in [0.05, 0.1) is 34.4 Å². The highest BCUT2D eigenvalue weighted by molar-refractivity contribution is 9.10. The zero-order chi connectivity index (χ0) is 18.0. The van der Waals surface area contributed by atoms with Gasteiger partial charge < -0.3 is 4.90 Å². The number of halogens is 1. The second kappa shape index (κ2) is 7.12. The van der Waals surface area contributed by atoms with E-state index in [-0.39, 0.29) is 18.0 Å². The van der Waals surface area contributed by atoms with Crippen LogP contribution in [0.4, 0.5) is 5.69 Å². The highest BCUT2D eigenvalue weighted by Crippen LogP contribution is 2.22. The lowest BCUT2D eigenvalue weighted by Gasteiger charge is -2.17. The topological polar surface area (TPSA) is 99.1 Å². The van der Waals surface area contributed by atoms with E-state index in [0.717, 1.165) is 10.2 Å². The first-order chi connectivity index (χ1) is 11.2. The maximum Gasteiger partial charge on any atom is 0.312 e. The van der Waals surface area contributed by atoms with E-state index in [1.807, 2.05) is 7.05 Å². The van der Waals surface area contributed by atoms with Crippen molar-refractivity contribution >= 4 is 27.5 Å². The number of nitrogens with zero attached hydrogens (tertiary/aromatic N) is 6. The largest absolute Gasteiger partial charge is 0.340 e. The van der Waals surface area contributed by atoms with Crippen LogP contribution in [0.15, 0.2) is 10.7 Å². The van der Waals surface area contributed by atoms with Gasteiger partial charge in [-0.3, -0.25) is 24.3 Å². The van der Waals surface area contributed by atoms with Gasteiger partial charge in [-0.15, -0.1) is 0 Å². The van der Waals surface area contributed by atoms with E-state index < -0.39 is 4.92 Å². The Morgan fingerprint density at radius 1 is 1.46 bits per heavy atom. The van der Waals surface area contributed by atoms with Crippen LogP contribution in [0, 0.1) is 24.0 Å². The molecular formula is C14H19BrN6O3. The molecule has 2 aromatic rings. The van der Waals surface area contributed by atoms with Gasteiger partial charge in [0.25, 0.3) is 0 Å². The minimum Gasteiger partial charge on any atom is -0.340 e. The minimum absolute atomic E-state index is 0.00891. The molecule has 2 rings (SSSR count). The number of aromatic nitrogens is 4. The predicted molar refractivity (Wildman–Crippen MR) is 90.4 cm³/mol. The van der Waals surface area contributed by atoms with Crippen LogP contribution in [0.25, 0.3) is 0 Å². The molecule has 0 N–H and O–H groups in total. The molecule has 2 aromatic heterocycles. The van der Waals surface area contributed by atoms with Crippen molar-refractivity contribution in [1.82, 2.24) is 24.5 Å². The Morgan fingerprint density at radius 2 is 2.12 bits per heavy atom. The highest BCUT2D eigenvalue weighted by Gasteiger charge is 2.22. The summed E-state index contributed by atoms with van der Waals surface area (Å²) in [5.74, 6) is -0.0710. The highest BCUT2D eigenvalue weighted by atomic mass is 79.9. The summed E-state index contributed by atoms with van der Waals surface area (Å²) in [6.45, 7) is 3.96. The molecule has 10 heteroatoms. The molecule has 0 aliphatic heterocycles. The van der Waals surface area contributed by atoms with E-state index in [0.29, 0.717) is 24.5 Å². The first-order valence-electron chi connectivity index (χ1n) is 7.31. The molecule has 0 spiro atoms. The molecule has 0 radical (unpaired) electrons. The molecule has 9 nitrogen and oxygen atoms in total. The maximum absolute atomic E-state index is 12.3. The standard InChI is InChI=1S/C14H19BrN6O3/c1-9-14(21(23)24)10(2)20(17-9)6-5-13(22)18(3)8-12-11(15)7-16-19(12)4/h7H,5-6,8H2,1-4H3. The number of aryl methyl sites for hydroxylation is 3. The number of rotatable bonds is 6. The summed E-state index contributed by atoms with van der Waals surface area (Å²) >= 11 is 3.40. The molecule has 0 bridgehead atoms. The summed E-state index contributed by atoms with van der Waals surface area (Å²) in [6.07, 6.45) is 1.90. The Morgan fingerprint density at radius 3 is 2.62 bits per heavy atom. The van der Waals surface area contributed by atoms with Crippen molar-refractivity contribution < 1.29 is 9.72 Å². The monoisotopic (exact) mass is 398 g/mol. The first-order valence-corrected chi connectivity index (χ1v) is 8.10. The van der Waals surface area contributed by atoms with Crippen molar-refractivity contribution in [3.63, 3.8) is 0 Å². The summed E-state index contributed by atoms with van der Waals surface area (Å²) < 4.78 is 4.07. The number of hydrogen-bond acceptors (Lipinski definition) is 5. The Labute approximate surface area is 147 Å². The molecule has 0 saturated heterocycles. The van der Waals surface area contributed by atoms with Crippen LogP contribution >= 0.6 is 15.9 Å². The second-order valence-electron chi connectivity index (χ2n) is 5.56. The normalized spacial score (nSPS) is 10.9. The minimum atomic E-state index is -0.442. The van der Waals surface area contributed by atoms with Crippen molar-refractivity contribution in [3.05, 3.63) is 37.9 Å². The molecule has 1 amide bonds. The van der Waals surface area contributed by atoms with Crippen LogP contribution in [0.5, 0.6) is 0 Å². The van der Waals surface area contributed by atoms with Gasteiger partial charge in [0.15, 0.2) is 0 Å². The third-order valence-electron chi connectivity index (χ3n) is 3.89. The van der Waals surface area contributed by atoms with Crippen molar-refractivity contribution in [2.24, 2.45) is 7.05 Å². The lowest BCUT2D eigenvalue weighted by Crippen LogP contribution is -2.28. The zero-order valence-corrected chi connectivity index (χ0v) is 15.6.